The molecule has 0 heterocycles. The molecule has 1 aromatic rings. The van der Waals surface area contributed by atoms with Gasteiger partial charge >= 0.3 is 0 Å². The predicted octanol–water partition coefficient (Wildman–Crippen LogP) is 5.31. The van der Waals surface area contributed by atoms with Gasteiger partial charge in [0.1, 0.15) is 0 Å². The van der Waals surface area contributed by atoms with Gasteiger partial charge in [-0.3, -0.25) is 0 Å². The van der Waals surface area contributed by atoms with Gasteiger partial charge in [0, 0.05) is 16.6 Å². The van der Waals surface area contributed by atoms with Crippen LogP contribution in [-0.2, 0) is 0 Å². The highest BCUT2D eigenvalue weighted by Crippen LogP contribution is 2.39. The molecule has 1 aromatic carbocycles. The first-order valence-corrected chi connectivity index (χ1v) is 8.19. The Balaban J connectivity index is 2.00. The normalized spacial score (nSPS) is 28.1. The lowest BCUT2D eigenvalue weighted by Gasteiger charge is -2.41. The van der Waals surface area contributed by atoms with Crippen molar-refractivity contribution in [3.05, 3.63) is 34.3 Å². The van der Waals surface area contributed by atoms with Crippen molar-refractivity contribution in [2.45, 2.75) is 59.0 Å². The van der Waals surface area contributed by atoms with E-state index in [0.29, 0.717) is 17.5 Å². The number of benzene rings is 1. The van der Waals surface area contributed by atoms with Crippen molar-refractivity contribution in [2.75, 3.05) is 0 Å². The Morgan fingerprint density at radius 2 is 2.00 bits per heavy atom. The van der Waals surface area contributed by atoms with Crippen LogP contribution in [0.5, 0.6) is 0 Å². The molecule has 0 bridgehead atoms. The van der Waals surface area contributed by atoms with E-state index in [2.05, 4.69) is 73.2 Å². The number of hydrogen-bond donors (Lipinski definition) is 1. The second kappa shape index (κ2) is 5.97. The van der Waals surface area contributed by atoms with E-state index in [-0.39, 0.29) is 0 Å². The summed E-state index contributed by atoms with van der Waals surface area (Å²) in [6.07, 6.45) is 3.95. The van der Waals surface area contributed by atoms with Gasteiger partial charge in [-0.2, -0.15) is 0 Å². The molecule has 0 spiro atoms. The molecule has 2 rings (SSSR count). The fourth-order valence-electron chi connectivity index (χ4n) is 3.43. The van der Waals surface area contributed by atoms with Crippen molar-refractivity contribution >= 4 is 15.9 Å². The average molecular weight is 324 g/mol. The van der Waals surface area contributed by atoms with Gasteiger partial charge in [-0.25, -0.2) is 0 Å². The molecule has 0 aromatic heterocycles. The van der Waals surface area contributed by atoms with E-state index in [0.717, 1.165) is 5.92 Å². The van der Waals surface area contributed by atoms with E-state index in [1.165, 1.54) is 29.3 Å². The first-order valence-electron chi connectivity index (χ1n) is 7.39. The zero-order valence-electron chi connectivity index (χ0n) is 12.5. The molecule has 2 heteroatoms. The number of hydrogen-bond acceptors (Lipinski definition) is 1. The maximum Gasteiger partial charge on any atom is 0.0305 e. The van der Waals surface area contributed by atoms with Crippen LogP contribution in [-0.4, -0.2) is 6.04 Å². The van der Waals surface area contributed by atoms with E-state index in [9.17, 15) is 0 Å². The molecule has 1 aliphatic carbocycles. The van der Waals surface area contributed by atoms with Crippen LogP contribution >= 0.6 is 15.9 Å². The van der Waals surface area contributed by atoms with E-state index in [1.54, 1.807) is 0 Å². The molecular formula is C17H26BrN. The van der Waals surface area contributed by atoms with Crippen molar-refractivity contribution in [1.82, 2.24) is 5.32 Å². The van der Waals surface area contributed by atoms with Crippen LogP contribution in [0.3, 0.4) is 0 Å². The Morgan fingerprint density at radius 1 is 1.32 bits per heavy atom. The summed E-state index contributed by atoms with van der Waals surface area (Å²) < 4.78 is 1.21. The van der Waals surface area contributed by atoms with Crippen molar-refractivity contribution in [2.24, 2.45) is 11.3 Å². The molecule has 106 valence electrons. The molecule has 1 N–H and O–H groups in total. The molecule has 3 atom stereocenters. The highest BCUT2D eigenvalue weighted by Gasteiger charge is 2.32. The van der Waals surface area contributed by atoms with Crippen LogP contribution in [0.15, 0.2) is 28.7 Å². The van der Waals surface area contributed by atoms with E-state index in [1.807, 2.05) is 0 Å². The van der Waals surface area contributed by atoms with E-state index in [4.69, 9.17) is 0 Å². The molecule has 0 radical (unpaired) electrons. The molecule has 0 saturated heterocycles. The van der Waals surface area contributed by atoms with Crippen molar-refractivity contribution in [3.8, 4) is 0 Å². The third-order valence-electron chi connectivity index (χ3n) is 4.53. The van der Waals surface area contributed by atoms with Crippen LogP contribution in [0.2, 0.25) is 0 Å². The summed E-state index contributed by atoms with van der Waals surface area (Å²) in [5.41, 5.74) is 1.88. The fourth-order valence-corrected chi connectivity index (χ4v) is 4.06. The van der Waals surface area contributed by atoms with Crippen molar-refractivity contribution in [3.63, 3.8) is 0 Å². The van der Waals surface area contributed by atoms with Crippen LogP contribution in [0.25, 0.3) is 0 Å². The van der Waals surface area contributed by atoms with Gasteiger partial charge in [-0.1, -0.05) is 54.9 Å². The second-order valence-electron chi connectivity index (χ2n) is 6.90. The smallest absolute Gasteiger partial charge is 0.0305 e. The third kappa shape index (κ3) is 3.82. The van der Waals surface area contributed by atoms with Crippen LogP contribution < -0.4 is 5.32 Å². The lowest BCUT2D eigenvalue weighted by atomic mass is 9.70. The van der Waals surface area contributed by atoms with Crippen LogP contribution in [0.4, 0.5) is 0 Å². The summed E-state index contributed by atoms with van der Waals surface area (Å²) in [6.45, 7) is 9.46. The number of halogens is 1. The van der Waals surface area contributed by atoms with Crippen LogP contribution in [0, 0.1) is 11.3 Å². The van der Waals surface area contributed by atoms with Gasteiger partial charge in [0.05, 0.1) is 0 Å². The molecule has 19 heavy (non-hydrogen) atoms. The van der Waals surface area contributed by atoms with Gasteiger partial charge in [0.15, 0.2) is 0 Å². The molecular weight excluding hydrogens is 298 g/mol. The summed E-state index contributed by atoms with van der Waals surface area (Å²) in [5.74, 6) is 0.758. The largest absolute Gasteiger partial charge is 0.307 e. The molecule has 1 saturated carbocycles. The van der Waals surface area contributed by atoms with Crippen LogP contribution in [0.1, 0.15) is 58.6 Å². The quantitative estimate of drug-likeness (QED) is 0.794. The molecule has 1 aliphatic rings. The van der Waals surface area contributed by atoms with Crippen molar-refractivity contribution < 1.29 is 0 Å². The highest BCUT2D eigenvalue weighted by molar-refractivity contribution is 9.10. The van der Waals surface area contributed by atoms with E-state index < -0.39 is 0 Å². The van der Waals surface area contributed by atoms with Gasteiger partial charge in [-0.05, 0) is 49.1 Å². The topological polar surface area (TPSA) is 12.0 Å². The molecule has 1 nitrogen and oxygen atoms in total. The predicted molar refractivity (Wildman–Crippen MR) is 86.3 cm³/mol. The molecule has 0 amide bonds. The zero-order chi connectivity index (χ0) is 14.0. The Bertz CT molecular complexity index is 427. The summed E-state index contributed by atoms with van der Waals surface area (Å²) in [4.78, 5) is 0. The van der Waals surface area contributed by atoms with Gasteiger partial charge in [-0.15, -0.1) is 0 Å². The SMILES string of the molecule is CC1CC(C)(C)CCC1N[C@@H](C)c1ccccc1Br. The minimum absolute atomic E-state index is 0.407. The molecule has 1 fully saturated rings. The Labute approximate surface area is 126 Å². The molecule has 2 unspecified atom stereocenters. The second-order valence-corrected chi connectivity index (χ2v) is 7.75. The highest BCUT2D eigenvalue weighted by atomic mass is 79.9. The number of nitrogens with one attached hydrogen (secondary N) is 1. The summed E-state index contributed by atoms with van der Waals surface area (Å²) in [6, 6.07) is 9.58. The Kier molecular flexibility index (Phi) is 4.73. The summed E-state index contributed by atoms with van der Waals surface area (Å²) in [7, 11) is 0. The van der Waals surface area contributed by atoms with Crippen molar-refractivity contribution in [1.29, 1.82) is 0 Å². The number of rotatable bonds is 3. The minimum atomic E-state index is 0.407. The first kappa shape index (κ1) is 15.1. The lowest BCUT2D eigenvalue weighted by Crippen LogP contribution is -2.42. The maximum atomic E-state index is 3.83. The fraction of sp³-hybridized carbons (Fsp3) is 0.647. The lowest BCUT2D eigenvalue weighted by molar-refractivity contribution is 0.142. The van der Waals surface area contributed by atoms with Gasteiger partial charge in [0.25, 0.3) is 0 Å². The summed E-state index contributed by atoms with van der Waals surface area (Å²) >= 11 is 3.65. The Hall–Kier alpha value is -0.340. The monoisotopic (exact) mass is 323 g/mol. The summed E-state index contributed by atoms with van der Waals surface area (Å²) in [5, 5.41) is 3.83. The molecule has 0 aliphatic heterocycles. The van der Waals surface area contributed by atoms with Gasteiger partial charge < -0.3 is 5.32 Å². The third-order valence-corrected chi connectivity index (χ3v) is 5.25. The standard InChI is InChI=1S/C17H26BrN/c1-12-11-17(3,4)10-9-16(12)19-13(2)14-7-5-6-8-15(14)18/h5-8,12-13,16,19H,9-11H2,1-4H3/t12?,13-,16?/m0/s1. The zero-order valence-corrected chi connectivity index (χ0v) is 14.1. The van der Waals surface area contributed by atoms with E-state index >= 15 is 0 Å². The van der Waals surface area contributed by atoms with Gasteiger partial charge in [0.2, 0.25) is 0 Å². The average Bonchev–Trinajstić information content (AvgIpc) is 2.32. The Morgan fingerprint density at radius 3 is 2.63 bits per heavy atom. The maximum absolute atomic E-state index is 3.83. The first-order chi connectivity index (χ1) is 8.89. The minimum Gasteiger partial charge on any atom is -0.307 e.